The molecule has 0 aromatic heterocycles. The highest BCUT2D eigenvalue weighted by Crippen LogP contribution is 2.76. The number of hydrogen-bond donors (Lipinski definition) is 6. The number of aliphatic hydroxyl groups is 6. The zero-order valence-electron chi connectivity index (χ0n) is 28.5. The summed E-state index contributed by atoms with van der Waals surface area (Å²) in [5.41, 5.74) is 0.122. The maximum atomic E-state index is 12.0. The first-order chi connectivity index (χ1) is 20.3. The third-order valence-electron chi connectivity index (χ3n) is 14.5. The van der Waals surface area contributed by atoms with Crippen molar-refractivity contribution in [1.82, 2.24) is 0 Å². The minimum atomic E-state index is -1.46. The maximum absolute atomic E-state index is 12.0. The fourth-order valence-corrected chi connectivity index (χ4v) is 11.9. The van der Waals surface area contributed by atoms with Gasteiger partial charge in [-0.2, -0.15) is 0 Å². The highest BCUT2D eigenvalue weighted by Gasteiger charge is 2.71. The molecule has 0 aromatic rings. The van der Waals surface area contributed by atoms with Crippen molar-refractivity contribution in [1.29, 1.82) is 0 Å². The summed E-state index contributed by atoms with van der Waals surface area (Å²) in [7, 11) is 0. The highest BCUT2D eigenvalue weighted by atomic mass is 16.7. The van der Waals surface area contributed by atoms with Crippen LogP contribution in [0.4, 0.5) is 0 Å². The third kappa shape index (κ3) is 5.26. The molecule has 0 aromatic carbocycles. The van der Waals surface area contributed by atoms with Crippen molar-refractivity contribution in [2.45, 2.75) is 162 Å². The van der Waals surface area contributed by atoms with Crippen molar-refractivity contribution in [2.24, 2.45) is 45.3 Å². The fourth-order valence-electron chi connectivity index (χ4n) is 11.9. The summed E-state index contributed by atoms with van der Waals surface area (Å²) < 4.78 is 12.2. The van der Waals surface area contributed by atoms with Gasteiger partial charge < -0.3 is 40.1 Å². The second kappa shape index (κ2) is 11.8. The van der Waals surface area contributed by atoms with E-state index in [1.807, 2.05) is 6.92 Å². The molecule has 0 bridgehead atoms. The summed E-state index contributed by atoms with van der Waals surface area (Å²) in [6.07, 6.45) is 3.15. The summed E-state index contributed by atoms with van der Waals surface area (Å²) in [6.45, 7) is 17.5. The van der Waals surface area contributed by atoms with Crippen LogP contribution in [0.2, 0.25) is 0 Å². The Hall–Kier alpha value is -0.580. The standard InChI is InChI=1S/C36H62O8/c1-20(2)10-9-14-36(8,42)21-11-16-35(7)27(21)22(38)18-25-33(5)15-13-26(32(3,4)24(33)12-17-34(25,35)6)44-31-30(41)29(40)28(39)23(19-37)43-31/h10,21-31,37-42H,9,11-19H2,1-8H3/t21-,22+,23-,24-,25-,26+,27+,28-,29+,30-,31+,33+,34+,35-,36-/m0/s1. The van der Waals surface area contributed by atoms with E-state index in [0.29, 0.717) is 18.3 Å². The van der Waals surface area contributed by atoms with Crippen molar-refractivity contribution < 1.29 is 40.1 Å². The first-order valence-corrected chi connectivity index (χ1v) is 17.3. The van der Waals surface area contributed by atoms with E-state index in [0.717, 1.165) is 51.4 Å². The van der Waals surface area contributed by atoms with Gasteiger partial charge >= 0.3 is 0 Å². The number of aliphatic hydroxyl groups excluding tert-OH is 5. The lowest BCUT2D eigenvalue weighted by Crippen LogP contribution is -2.67. The van der Waals surface area contributed by atoms with Crippen LogP contribution in [0.5, 0.6) is 0 Å². The first kappa shape index (κ1) is 34.7. The lowest BCUT2D eigenvalue weighted by Gasteiger charge is -2.70. The van der Waals surface area contributed by atoms with E-state index in [9.17, 15) is 30.6 Å². The van der Waals surface area contributed by atoms with Gasteiger partial charge in [-0.3, -0.25) is 0 Å². The van der Waals surface area contributed by atoms with Gasteiger partial charge in [0.05, 0.1) is 24.4 Å². The molecule has 5 fully saturated rings. The van der Waals surface area contributed by atoms with Crippen LogP contribution in [-0.4, -0.2) is 85.8 Å². The van der Waals surface area contributed by atoms with Crippen LogP contribution in [0, 0.1) is 45.3 Å². The summed E-state index contributed by atoms with van der Waals surface area (Å²) in [5.74, 6) is 0.792. The Morgan fingerprint density at radius 1 is 0.886 bits per heavy atom. The molecule has 254 valence electrons. The fraction of sp³-hybridized carbons (Fsp3) is 0.944. The molecule has 0 spiro atoms. The van der Waals surface area contributed by atoms with E-state index in [1.54, 1.807) is 0 Å². The highest BCUT2D eigenvalue weighted by molar-refractivity contribution is 5.20. The molecule has 0 unspecified atom stereocenters. The maximum Gasteiger partial charge on any atom is 0.186 e. The van der Waals surface area contributed by atoms with Crippen molar-refractivity contribution in [3.8, 4) is 0 Å². The predicted octanol–water partition coefficient (Wildman–Crippen LogP) is 4.32. The SMILES string of the molecule is CC(C)=CCC[C@](C)(O)[C@H]1CC[C@@]2(C)[C@H]1[C@H](O)C[C@H]1[C@]3(C)CC[C@@H](O[C@H]4O[C@@H](CO)[C@H](O)[C@@H](O)[C@@H]4O)C(C)(C)[C@@H]3CC[C@]12C. The molecule has 0 radical (unpaired) electrons. The molecule has 44 heavy (non-hydrogen) atoms. The molecule has 1 aliphatic heterocycles. The second-order valence-electron chi connectivity index (χ2n) is 17.3. The molecule has 8 nitrogen and oxygen atoms in total. The third-order valence-corrected chi connectivity index (χ3v) is 14.5. The van der Waals surface area contributed by atoms with E-state index >= 15 is 0 Å². The molecule has 4 aliphatic carbocycles. The summed E-state index contributed by atoms with van der Waals surface area (Å²) >= 11 is 0. The summed E-state index contributed by atoms with van der Waals surface area (Å²) in [4.78, 5) is 0. The minimum Gasteiger partial charge on any atom is -0.394 e. The zero-order valence-corrected chi connectivity index (χ0v) is 28.5. The van der Waals surface area contributed by atoms with Crippen LogP contribution in [-0.2, 0) is 9.47 Å². The molecule has 1 heterocycles. The van der Waals surface area contributed by atoms with Crippen LogP contribution in [0.15, 0.2) is 11.6 Å². The van der Waals surface area contributed by atoms with Crippen LogP contribution < -0.4 is 0 Å². The number of hydrogen-bond acceptors (Lipinski definition) is 8. The van der Waals surface area contributed by atoms with Gasteiger partial charge in [-0.25, -0.2) is 0 Å². The number of fused-ring (bicyclic) bond motifs is 5. The van der Waals surface area contributed by atoms with Crippen molar-refractivity contribution >= 4 is 0 Å². The Bertz CT molecular complexity index is 1070. The van der Waals surface area contributed by atoms with Gasteiger partial charge in [0.2, 0.25) is 0 Å². The zero-order chi connectivity index (χ0) is 32.6. The molecule has 6 N–H and O–H groups in total. The molecular weight excluding hydrogens is 560 g/mol. The molecule has 0 amide bonds. The summed E-state index contributed by atoms with van der Waals surface area (Å²) in [5, 5.41) is 64.8. The van der Waals surface area contributed by atoms with E-state index in [2.05, 4.69) is 54.5 Å². The topological polar surface area (TPSA) is 140 Å². The molecule has 1 saturated heterocycles. The number of rotatable bonds is 7. The summed E-state index contributed by atoms with van der Waals surface area (Å²) in [6, 6.07) is 0. The monoisotopic (exact) mass is 622 g/mol. The van der Waals surface area contributed by atoms with Gasteiger partial charge in [0.1, 0.15) is 24.4 Å². The Kier molecular flexibility index (Phi) is 9.35. The largest absolute Gasteiger partial charge is 0.394 e. The first-order valence-electron chi connectivity index (χ1n) is 17.3. The molecule has 5 rings (SSSR count). The van der Waals surface area contributed by atoms with Gasteiger partial charge in [0.15, 0.2) is 6.29 Å². The molecule has 5 aliphatic rings. The average molecular weight is 623 g/mol. The molecule has 8 heteroatoms. The molecule has 15 atom stereocenters. The van der Waals surface area contributed by atoms with Crippen molar-refractivity contribution in [3.05, 3.63) is 11.6 Å². The van der Waals surface area contributed by atoms with E-state index in [4.69, 9.17) is 9.47 Å². The van der Waals surface area contributed by atoms with Crippen molar-refractivity contribution in [2.75, 3.05) is 6.61 Å². The van der Waals surface area contributed by atoms with Gasteiger partial charge in [0.25, 0.3) is 0 Å². The Morgan fingerprint density at radius 3 is 2.18 bits per heavy atom. The molecular formula is C36H62O8. The van der Waals surface area contributed by atoms with Crippen LogP contribution >= 0.6 is 0 Å². The second-order valence-corrected chi connectivity index (χ2v) is 17.3. The number of allylic oxidation sites excluding steroid dienone is 2. The average Bonchev–Trinajstić information content (AvgIpc) is 3.32. The Labute approximate surface area is 265 Å². The van der Waals surface area contributed by atoms with Crippen LogP contribution in [0.3, 0.4) is 0 Å². The van der Waals surface area contributed by atoms with Crippen LogP contribution in [0.1, 0.15) is 113 Å². The van der Waals surface area contributed by atoms with Crippen LogP contribution in [0.25, 0.3) is 0 Å². The quantitative estimate of drug-likeness (QED) is 0.182. The smallest absolute Gasteiger partial charge is 0.186 e. The van der Waals surface area contributed by atoms with Gasteiger partial charge in [0, 0.05) is 0 Å². The normalized spacial score (nSPS) is 51.5. The molecule has 4 saturated carbocycles. The van der Waals surface area contributed by atoms with Gasteiger partial charge in [-0.15, -0.1) is 0 Å². The van der Waals surface area contributed by atoms with E-state index < -0.39 is 49.0 Å². The van der Waals surface area contributed by atoms with Gasteiger partial charge in [-0.05, 0) is 124 Å². The van der Waals surface area contributed by atoms with E-state index in [-0.39, 0.29) is 39.6 Å². The van der Waals surface area contributed by atoms with Gasteiger partial charge in [-0.1, -0.05) is 46.3 Å². The van der Waals surface area contributed by atoms with E-state index in [1.165, 1.54) is 5.57 Å². The Morgan fingerprint density at radius 2 is 1.55 bits per heavy atom. The lowest BCUT2D eigenvalue weighted by atomic mass is 9.35. The number of ether oxygens (including phenoxy) is 2. The lowest BCUT2D eigenvalue weighted by molar-refractivity contribution is -0.332. The predicted molar refractivity (Wildman–Crippen MR) is 168 cm³/mol. The van der Waals surface area contributed by atoms with Crippen molar-refractivity contribution in [3.63, 3.8) is 0 Å². The Balaban J connectivity index is 1.37. The minimum absolute atomic E-state index is 0.0231.